The number of aromatic nitrogens is 2. The van der Waals surface area contributed by atoms with Crippen LogP contribution in [0.2, 0.25) is 0 Å². The predicted molar refractivity (Wildman–Crippen MR) is 76.8 cm³/mol. The first-order valence-corrected chi connectivity index (χ1v) is 7.43. The molecule has 1 N–H and O–H groups in total. The smallest absolute Gasteiger partial charge is 0.261 e. The molecule has 0 saturated carbocycles. The number of nitrogens with one attached hydrogen (secondary N) is 1. The van der Waals surface area contributed by atoms with Crippen molar-refractivity contribution in [2.75, 3.05) is 4.72 Å². The summed E-state index contributed by atoms with van der Waals surface area (Å²) in [5.74, 6) is 0.229. The number of fused-ring (bicyclic) bond motifs is 1. The van der Waals surface area contributed by atoms with Gasteiger partial charge in [0.1, 0.15) is 0 Å². The van der Waals surface area contributed by atoms with Gasteiger partial charge >= 0.3 is 0 Å². The fraction of sp³-hybridized carbons (Fsp3) is 0. The Morgan fingerprint density at radius 1 is 0.900 bits per heavy atom. The molecule has 0 aliphatic heterocycles. The van der Waals surface area contributed by atoms with E-state index >= 15 is 0 Å². The number of rotatable bonds is 3. The van der Waals surface area contributed by atoms with Gasteiger partial charge in [0.25, 0.3) is 10.0 Å². The molecule has 0 aliphatic rings. The topological polar surface area (TPSA) is 72.0 Å². The first-order chi connectivity index (χ1) is 9.67. The molecular weight excluding hydrogens is 274 g/mol. The number of benzene rings is 2. The van der Waals surface area contributed by atoms with Gasteiger partial charge in [0, 0.05) is 10.8 Å². The lowest BCUT2D eigenvalue weighted by atomic mass is 10.2. The predicted octanol–water partition coefficient (Wildman–Crippen LogP) is 2.43. The lowest BCUT2D eigenvalue weighted by molar-refractivity contribution is 0.601. The van der Waals surface area contributed by atoms with E-state index in [9.17, 15) is 8.42 Å². The third kappa shape index (κ3) is 2.33. The van der Waals surface area contributed by atoms with Crippen LogP contribution in [0.1, 0.15) is 0 Å². The van der Waals surface area contributed by atoms with Gasteiger partial charge in [-0.25, -0.2) is 8.42 Å². The molecule has 100 valence electrons. The van der Waals surface area contributed by atoms with Crippen molar-refractivity contribution in [1.29, 1.82) is 0 Å². The van der Waals surface area contributed by atoms with Crippen LogP contribution in [-0.2, 0) is 10.0 Å². The van der Waals surface area contributed by atoms with E-state index in [4.69, 9.17) is 0 Å². The molecule has 0 aliphatic carbocycles. The van der Waals surface area contributed by atoms with Crippen molar-refractivity contribution in [1.82, 2.24) is 10.2 Å². The number of sulfonamides is 1. The first-order valence-electron chi connectivity index (χ1n) is 5.95. The summed E-state index contributed by atoms with van der Waals surface area (Å²) in [4.78, 5) is 0.190. The van der Waals surface area contributed by atoms with Crippen LogP contribution in [0.25, 0.3) is 10.8 Å². The van der Waals surface area contributed by atoms with Gasteiger partial charge in [0.15, 0.2) is 5.82 Å². The van der Waals surface area contributed by atoms with Crippen molar-refractivity contribution in [2.45, 2.75) is 4.90 Å². The van der Waals surface area contributed by atoms with Crippen LogP contribution in [0.5, 0.6) is 0 Å². The monoisotopic (exact) mass is 285 g/mol. The van der Waals surface area contributed by atoms with Crippen molar-refractivity contribution in [3.63, 3.8) is 0 Å². The summed E-state index contributed by atoms with van der Waals surface area (Å²) in [6.07, 6.45) is 1.59. The Labute approximate surface area is 116 Å². The molecule has 0 bridgehead atoms. The van der Waals surface area contributed by atoms with Crippen LogP contribution in [0.15, 0.2) is 65.7 Å². The molecule has 1 aromatic heterocycles. The molecule has 1 heterocycles. The minimum Gasteiger partial charge on any atom is -0.261 e. The van der Waals surface area contributed by atoms with E-state index in [2.05, 4.69) is 14.9 Å². The van der Waals surface area contributed by atoms with Crippen molar-refractivity contribution in [3.05, 3.63) is 60.8 Å². The van der Waals surface area contributed by atoms with Gasteiger partial charge in [-0.1, -0.05) is 42.5 Å². The van der Waals surface area contributed by atoms with E-state index < -0.39 is 10.0 Å². The minimum atomic E-state index is -3.66. The Morgan fingerprint density at radius 2 is 1.60 bits per heavy atom. The van der Waals surface area contributed by atoms with E-state index in [0.717, 1.165) is 5.39 Å². The second-order valence-corrected chi connectivity index (χ2v) is 5.88. The zero-order chi connectivity index (χ0) is 14.0. The maximum Gasteiger partial charge on any atom is 0.263 e. The van der Waals surface area contributed by atoms with Crippen molar-refractivity contribution in [3.8, 4) is 0 Å². The highest BCUT2D eigenvalue weighted by atomic mass is 32.2. The summed E-state index contributed by atoms with van der Waals surface area (Å²) in [6, 6.07) is 15.5. The third-order valence-corrected chi connectivity index (χ3v) is 4.21. The average molecular weight is 285 g/mol. The lowest BCUT2D eigenvalue weighted by Gasteiger charge is -2.08. The van der Waals surface area contributed by atoms with Gasteiger partial charge in [0.05, 0.1) is 11.1 Å². The zero-order valence-corrected chi connectivity index (χ0v) is 11.2. The van der Waals surface area contributed by atoms with Crippen LogP contribution in [0.3, 0.4) is 0 Å². The summed E-state index contributed by atoms with van der Waals surface area (Å²) in [7, 11) is -3.66. The van der Waals surface area contributed by atoms with E-state index in [1.807, 2.05) is 18.2 Å². The number of anilines is 1. The molecule has 0 atom stereocenters. The molecule has 0 radical (unpaired) electrons. The second-order valence-electron chi connectivity index (χ2n) is 4.20. The van der Waals surface area contributed by atoms with Gasteiger partial charge in [-0.2, -0.15) is 5.10 Å². The fourth-order valence-corrected chi connectivity index (χ4v) is 2.93. The summed E-state index contributed by atoms with van der Waals surface area (Å²) in [6.45, 7) is 0. The minimum absolute atomic E-state index is 0.190. The number of hydrogen-bond acceptors (Lipinski definition) is 4. The highest BCUT2D eigenvalue weighted by Gasteiger charge is 2.15. The SMILES string of the molecule is O=S(=O)(Nc1nncc2ccccc12)c1ccccc1. The summed E-state index contributed by atoms with van der Waals surface area (Å²) >= 11 is 0. The quantitative estimate of drug-likeness (QED) is 0.802. The van der Waals surface area contributed by atoms with Crippen molar-refractivity contribution < 1.29 is 8.42 Å². The molecule has 0 fully saturated rings. The van der Waals surface area contributed by atoms with Crippen LogP contribution < -0.4 is 4.72 Å². The van der Waals surface area contributed by atoms with Crippen molar-refractivity contribution >= 4 is 26.6 Å². The molecule has 0 amide bonds. The first kappa shape index (κ1) is 12.6. The molecule has 2 aromatic carbocycles. The Bertz CT molecular complexity index is 843. The van der Waals surface area contributed by atoms with Gasteiger partial charge in [-0.15, -0.1) is 5.10 Å². The summed E-state index contributed by atoms with van der Waals surface area (Å²) in [5, 5.41) is 9.23. The van der Waals surface area contributed by atoms with Crippen LogP contribution in [-0.4, -0.2) is 18.6 Å². The number of hydrogen-bond donors (Lipinski definition) is 1. The molecular formula is C14H11N3O2S. The van der Waals surface area contributed by atoms with Crippen LogP contribution in [0, 0.1) is 0 Å². The van der Waals surface area contributed by atoms with Crippen LogP contribution >= 0.6 is 0 Å². The summed E-state index contributed by atoms with van der Waals surface area (Å²) in [5.41, 5.74) is 0. The number of nitrogens with zero attached hydrogens (tertiary/aromatic N) is 2. The standard InChI is InChI=1S/C14H11N3O2S/c18-20(19,12-7-2-1-3-8-12)17-14-13-9-5-4-6-11(13)10-15-16-14/h1-10H,(H,16,17). The van der Waals surface area contributed by atoms with E-state index in [0.29, 0.717) is 5.39 Å². The molecule has 20 heavy (non-hydrogen) atoms. The molecule has 3 aromatic rings. The van der Waals surface area contributed by atoms with E-state index in [1.54, 1.807) is 30.5 Å². The molecule has 3 rings (SSSR count). The highest BCUT2D eigenvalue weighted by molar-refractivity contribution is 7.92. The van der Waals surface area contributed by atoms with Crippen LogP contribution in [0.4, 0.5) is 5.82 Å². The largest absolute Gasteiger partial charge is 0.263 e. The molecule has 5 nitrogen and oxygen atoms in total. The Kier molecular flexibility index (Phi) is 3.08. The van der Waals surface area contributed by atoms with Crippen molar-refractivity contribution in [2.24, 2.45) is 0 Å². The fourth-order valence-electron chi connectivity index (χ4n) is 1.89. The average Bonchev–Trinajstić information content (AvgIpc) is 2.48. The Hall–Kier alpha value is -2.47. The third-order valence-electron chi connectivity index (χ3n) is 2.86. The Balaban J connectivity index is 2.06. The molecule has 0 spiro atoms. The molecule has 0 unspecified atom stereocenters. The van der Waals surface area contributed by atoms with Gasteiger partial charge < -0.3 is 0 Å². The van der Waals surface area contributed by atoms with Gasteiger partial charge in [-0.05, 0) is 12.1 Å². The van der Waals surface area contributed by atoms with E-state index in [1.165, 1.54) is 12.1 Å². The van der Waals surface area contributed by atoms with Gasteiger partial charge in [0.2, 0.25) is 0 Å². The molecule has 6 heteroatoms. The zero-order valence-electron chi connectivity index (χ0n) is 10.4. The maximum absolute atomic E-state index is 12.3. The van der Waals surface area contributed by atoms with Gasteiger partial charge in [-0.3, -0.25) is 4.72 Å². The second kappa shape index (κ2) is 4.90. The summed E-state index contributed by atoms with van der Waals surface area (Å²) < 4.78 is 27.0. The maximum atomic E-state index is 12.3. The lowest BCUT2D eigenvalue weighted by Crippen LogP contribution is -2.14. The molecule has 0 saturated heterocycles. The highest BCUT2D eigenvalue weighted by Crippen LogP contribution is 2.22. The van der Waals surface area contributed by atoms with E-state index in [-0.39, 0.29) is 10.7 Å². The Morgan fingerprint density at radius 3 is 2.40 bits per heavy atom. The normalized spacial score (nSPS) is 11.4.